The van der Waals surface area contributed by atoms with E-state index in [0.29, 0.717) is 12.2 Å². The Balaban J connectivity index is 2.76. The van der Waals surface area contributed by atoms with Crippen molar-refractivity contribution in [3.05, 3.63) is 36.1 Å². The zero-order chi connectivity index (χ0) is 8.97. The van der Waals surface area contributed by atoms with Crippen molar-refractivity contribution in [3.63, 3.8) is 0 Å². The van der Waals surface area contributed by atoms with Crippen molar-refractivity contribution in [2.24, 2.45) is 0 Å². The number of hydrogen-bond acceptors (Lipinski definition) is 2. The highest BCUT2D eigenvalue weighted by atomic mass is 16.5. The number of carbonyl (C=O) groups excluding carboxylic acids is 1. The summed E-state index contributed by atoms with van der Waals surface area (Å²) in [4.78, 5) is 11.1. The molecule has 0 aromatic rings. The Morgan fingerprint density at radius 3 is 3.08 bits per heavy atom. The van der Waals surface area contributed by atoms with E-state index in [9.17, 15) is 4.79 Å². The van der Waals surface area contributed by atoms with Gasteiger partial charge in [-0.25, -0.2) is 0 Å². The number of methoxy groups -OCH3 is 1. The van der Waals surface area contributed by atoms with Crippen LogP contribution in [0.1, 0.15) is 12.8 Å². The largest absolute Gasteiger partial charge is 0.493 e. The Bertz CT molecular complexity index is 259. The molecule has 64 valence electrons. The summed E-state index contributed by atoms with van der Waals surface area (Å²) in [5.74, 6) is 0.500. The fraction of sp³-hybridized carbons (Fsp3) is 0.300. The second kappa shape index (κ2) is 3.90. The molecule has 12 heavy (non-hydrogen) atoms. The smallest absolute Gasteiger partial charge is 0.201 e. The molecule has 1 aliphatic carbocycles. The number of Topliss-reactive ketones (excluding diaryl/α,β-unsaturated/α-hetero) is 1. The molecular formula is C10H12O2. The molecule has 0 atom stereocenters. The monoisotopic (exact) mass is 164 g/mol. The number of rotatable bonds is 3. The van der Waals surface area contributed by atoms with Crippen molar-refractivity contribution in [2.45, 2.75) is 12.8 Å². The average Bonchev–Trinajstić information content (AvgIpc) is 2.09. The molecule has 1 rings (SSSR count). The third kappa shape index (κ3) is 1.84. The fourth-order valence-electron chi connectivity index (χ4n) is 1.11. The molecule has 0 heterocycles. The summed E-state index contributed by atoms with van der Waals surface area (Å²) in [5.41, 5.74) is 1.10. The lowest BCUT2D eigenvalue weighted by molar-refractivity contribution is -0.117. The first kappa shape index (κ1) is 8.78. The first-order valence-electron chi connectivity index (χ1n) is 3.86. The van der Waals surface area contributed by atoms with Gasteiger partial charge in [0, 0.05) is 6.42 Å². The number of ketones is 1. The maximum Gasteiger partial charge on any atom is 0.201 e. The maximum absolute atomic E-state index is 11.1. The van der Waals surface area contributed by atoms with Gasteiger partial charge >= 0.3 is 0 Å². The lowest BCUT2D eigenvalue weighted by Crippen LogP contribution is -2.07. The SMILES string of the molecule is C=CCC1=CCC(=O)C(OC)=C1. The summed E-state index contributed by atoms with van der Waals surface area (Å²) in [6, 6.07) is 0. The van der Waals surface area contributed by atoms with Gasteiger partial charge < -0.3 is 4.74 Å². The molecule has 0 aliphatic heterocycles. The van der Waals surface area contributed by atoms with Crippen LogP contribution in [0.2, 0.25) is 0 Å². The van der Waals surface area contributed by atoms with Gasteiger partial charge in [0.2, 0.25) is 5.78 Å². The van der Waals surface area contributed by atoms with Gasteiger partial charge in [-0.15, -0.1) is 6.58 Å². The summed E-state index contributed by atoms with van der Waals surface area (Å²) in [7, 11) is 1.51. The molecule has 0 N–H and O–H groups in total. The molecule has 0 fully saturated rings. The molecule has 0 spiro atoms. The molecule has 0 radical (unpaired) electrons. The Morgan fingerprint density at radius 2 is 2.50 bits per heavy atom. The van der Waals surface area contributed by atoms with Gasteiger partial charge in [-0.05, 0) is 18.1 Å². The predicted molar refractivity (Wildman–Crippen MR) is 47.6 cm³/mol. The van der Waals surface area contributed by atoms with E-state index in [-0.39, 0.29) is 5.78 Å². The highest BCUT2D eigenvalue weighted by Crippen LogP contribution is 2.17. The number of ether oxygens (including phenoxy) is 1. The molecule has 0 saturated carbocycles. The fourth-order valence-corrected chi connectivity index (χ4v) is 1.11. The Labute approximate surface area is 72.2 Å². The van der Waals surface area contributed by atoms with Crippen LogP contribution in [-0.2, 0) is 9.53 Å². The van der Waals surface area contributed by atoms with Gasteiger partial charge in [0.1, 0.15) is 0 Å². The van der Waals surface area contributed by atoms with E-state index < -0.39 is 0 Å². The number of hydrogen-bond donors (Lipinski definition) is 0. The van der Waals surface area contributed by atoms with Crippen LogP contribution in [-0.4, -0.2) is 12.9 Å². The molecule has 0 aromatic heterocycles. The van der Waals surface area contributed by atoms with E-state index in [1.165, 1.54) is 7.11 Å². The van der Waals surface area contributed by atoms with Crippen molar-refractivity contribution in [3.8, 4) is 0 Å². The van der Waals surface area contributed by atoms with Crippen LogP contribution in [0.15, 0.2) is 36.1 Å². The quantitative estimate of drug-likeness (QED) is 0.596. The minimum atomic E-state index is 0.0466. The van der Waals surface area contributed by atoms with E-state index in [0.717, 1.165) is 12.0 Å². The van der Waals surface area contributed by atoms with E-state index in [4.69, 9.17) is 4.74 Å². The highest BCUT2D eigenvalue weighted by Gasteiger charge is 2.13. The standard InChI is InChI=1S/C10H12O2/c1-3-4-8-5-6-9(11)10(7-8)12-2/h3,5,7H,1,4,6H2,2H3. The first-order valence-corrected chi connectivity index (χ1v) is 3.86. The van der Waals surface area contributed by atoms with Gasteiger partial charge in [0.05, 0.1) is 7.11 Å². The summed E-state index contributed by atoms with van der Waals surface area (Å²) < 4.78 is 4.92. The Morgan fingerprint density at radius 1 is 1.75 bits per heavy atom. The van der Waals surface area contributed by atoms with Gasteiger partial charge in [-0.2, -0.15) is 0 Å². The zero-order valence-electron chi connectivity index (χ0n) is 7.17. The summed E-state index contributed by atoms with van der Waals surface area (Å²) in [6.07, 6.45) is 6.73. The molecular weight excluding hydrogens is 152 g/mol. The van der Waals surface area contributed by atoms with Crippen LogP contribution in [0.25, 0.3) is 0 Å². The van der Waals surface area contributed by atoms with E-state index in [2.05, 4.69) is 6.58 Å². The van der Waals surface area contributed by atoms with Crippen LogP contribution >= 0.6 is 0 Å². The predicted octanol–water partition coefficient (Wildman–Crippen LogP) is 1.99. The lowest BCUT2D eigenvalue weighted by Gasteiger charge is -2.09. The maximum atomic E-state index is 11.1. The third-order valence-electron chi connectivity index (χ3n) is 1.74. The van der Waals surface area contributed by atoms with E-state index in [1.807, 2.05) is 12.2 Å². The van der Waals surface area contributed by atoms with Crippen molar-refractivity contribution in [1.82, 2.24) is 0 Å². The number of carbonyl (C=O) groups is 1. The van der Waals surface area contributed by atoms with E-state index in [1.54, 1.807) is 6.08 Å². The molecule has 0 aromatic carbocycles. The minimum Gasteiger partial charge on any atom is -0.493 e. The lowest BCUT2D eigenvalue weighted by atomic mass is 10.0. The molecule has 0 amide bonds. The van der Waals surface area contributed by atoms with Crippen LogP contribution in [0, 0.1) is 0 Å². The molecule has 2 nitrogen and oxygen atoms in total. The number of allylic oxidation sites excluding steroid dienone is 5. The van der Waals surface area contributed by atoms with Crippen molar-refractivity contribution < 1.29 is 9.53 Å². The molecule has 1 aliphatic rings. The van der Waals surface area contributed by atoms with Crippen LogP contribution in [0.4, 0.5) is 0 Å². The van der Waals surface area contributed by atoms with Crippen LogP contribution in [0.3, 0.4) is 0 Å². The van der Waals surface area contributed by atoms with Crippen molar-refractivity contribution >= 4 is 5.78 Å². The Hall–Kier alpha value is -1.31. The molecule has 0 bridgehead atoms. The molecule has 2 heteroatoms. The summed E-state index contributed by atoms with van der Waals surface area (Å²) in [6.45, 7) is 3.63. The topological polar surface area (TPSA) is 26.3 Å². The zero-order valence-corrected chi connectivity index (χ0v) is 7.17. The summed E-state index contributed by atoms with van der Waals surface area (Å²) >= 11 is 0. The Kier molecular flexibility index (Phi) is 2.86. The van der Waals surface area contributed by atoms with Crippen molar-refractivity contribution in [1.29, 1.82) is 0 Å². The van der Waals surface area contributed by atoms with Crippen molar-refractivity contribution in [2.75, 3.05) is 7.11 Å². The van der Waals surface area contributed by atoms with Gasteiger partial charge in [0.25, 0.3) is 0 Å². The third-order valence-corrected chi connectivity index (χ3v) is 1.74. The molecule has 0 unspecified atom stereocenters. The second-order valence-electron chi connectivity index (χ2n) is 2.61. The minimum absolute atomic E-state index is 0.0466. The summed E-state index contributed by atoms with van der Waals surface area (Å²) in [5, 5.41) is 0. The van der Waals surface area contributed by atoms with Gasteiger partial charge in [0.15, 0.2) is 5.76 Å². The normalized spacial score (nSPS) is 16.6. The van der Waals surface area contributed by atoms with Crippen LogP contribution in [0.5, 0.6) is 0 Å². The average molecular weight is 164 g/mol. The highest BCUT2D eigenvalue weighted by molar-refractivity contribution is 5.96. The second-order valence-corrected chi connectivity index (χ2v) is 2.61. The first-order chi connectivity index (χ1) is 5.77. The van der Waals surface area contributed by atoms with Crippen LogP contribution < -0.4 is 0 Å². The van der Waals surface area contributed by atoms with E-state index >= 15 is 0 Å². The van der Waals surface area contributed by atoms with Gasteiger partial charge in [-0.3, -0.25) is 4.79 Å². The van der Waals surface area contributed by atoms with Gasteiger partial charge in [-0.1, -0.05) is 12.2 Å². The molecule has 0 saturated heterocycles.